The maximum atomic E-state index is 12.6. The summed E-state index contributed by atoms with van der Waals surface area (Å²) in [5, 5.41) is 9.68. The topological polar surface area (TPSA) is 50.1 Å². The molecule has 0 bridgehead atoms. The molecule has 0 heterocycles. The minimum atomic E-state index is -0.456. The van der Waals surface area contributed by atoms with Crippen LogP contribution in [-0.2, 0) is 0 Å². The Kier molecular flexibility index (Phi) is 8.10. The molecule has 174 valence electrons. The van der Waals surface area contributed by atoms with E-state index >= 15 is 0 Å². The molecule has 4 rings (SSSR count). The lowest BCUT2D eigenvalue weighted by Gasteiger charge is -2.38. The molecule has 2 saturated carbocycles. The van der Waals surface area contributed by atoms with Crippen molar-refractivity contribution in [1.82, 2.24) is 0 Å². The third-order valence-electron chi connectivity index (χ3n) is 7.91. The molecule has 0 N–H and O–H groups in total. The second kappa shape index (κ2) is 11.2. The summed E-state index contributed by atoms with van der Waals surface area (Å²) >= 11 is 5.92. The van der Waals surface area contributed by atoms with Gasteiger partial charge in [0.15, 0.2) is 0 Å². The summed E-state index contributed by atoms with van der Waals surface area (Å²) in [6, 6.07) is 14.5. The van der Waals surface area contributed by atoms with Gasteiger partial charge in [0.2, 0.25) is 0 Å². The standard InChI is InChI=1S/C29H34ClNO2/c1-2-3-20-4-6-21(7-5-20)22-8-10-23(11-9-22)24-12-14-25(15-13-24)29(32)33-28-17-16-27(30)18-26(28)19-31/h12-18,20-23H,2-11H2,1H3/t20-,21-,22?,23?. The molecule has 0 unspecified atom stereocenters. The van der Waals surface area contributed by atoms with Gasteiger partial charge in [0, 0.05) is 5.02 Å². The van der Waals surface area contributed by atoms with Crippen LogP contribution >= 0.6 is 11.6 Å². The minimum absolute atomic E-state index is 0.234. The van der Waals surface area contributed by atoms with Crippen molar-refractivity contribution in [1.29, 1.82) is 5.26 Å². The highest BCUT2D eigenvalue weighted by atomic mass is 35.5. The van der Waals surface area contributed by atoms with Crippen molar-refractivity contribution in [3.63, 3.8) is 0 Å². The summed E-state index contributed by atoms with van der Waals surface area (Å²) in [5.74, 6) is 3.21. The quantitative estimate of drug-likeness (QED) is 0.319. The highest BCUT2D eigenvalue weighted by Crippen LogP contribution is 2.44. The second-order valence-electron chi connectivity index (χ2n) is 9.94. The van der Waals surface area contributed by atoms with E-state index in [4.69, 9.17) is 16.3 Å². The van der Waals surface area contributed by atoms with Crippen molar-refractivity contribution in [3.05, 3.63) is 64.2 Å². The van der Waals surface area contributed by atoms with Gasteiger partial charge in [0.05, 0.1) is 11.1 Å². The van der Waals surface area contributed by atoms with Crippen LogP contribution in [0.25, 0.3) is 0 Å². The molecule has 33 heavy (non-hydrogen) atoms. The highest BCUT2D eigenvalue weighted by Gasteiger charge is 2.31. The van der Waals surface area contributed by atoms with Gasteiger partial charge in [0.1, 0.15) is 11.8 Å². The zero-order valence-corrected chi connectivity index (χ0v) is 20.3. The first-order chi connectivity index (χ1) is 16.1. The van der Waals surface area contributed by atoms with Crippen LogP contribution in [0.4, 0.5) is 0 Å². The van der Waals surface area contributed by atoms with Gasteiger partial charge in [-0.15, -0.1) is 0 Å². The Morgan fingerprint density at radius 1 is 0.970 bits per heavy atom. The normalized spacial score (nSPS) is 25.2. The highest BCUT2D eigenvalue weighted by molar-refractivity contribution is 6.30. The number of halogens is 1. The van der Waals surface area contributed by atoms with Crippen LogP contribution in [0.2, 0.25) is 5.02 Å². The molecule has 0 aromatic heterocycles. The van der Waals surface area contributed by atoms with Crippen LogP contribution in [0.15, 0.2) is 42.5 Å². The SMILES string of the molecule is CCC[C@H]1CC[C@H](C2CCC(c3ccc(C(=O)Oc4ccc(Cl)cc4C#N)cc3)CC2)CC1. The maximum absolute atomic E-state index is 12.6. The minimum Gasteiger partial charge on any atom is -0.422 e. The Hall–Kier alpha value is -2.31. The average Bonchev–Trinajstić information content (AvgIpc) is 2.86. The van der Waals surface area contributed by atoms with Gasteiger partial charge in [-0.3, -0.25) is 0 Å². The molecule has 0 spiro atoms. The van der Waals surface area contributed by atoms with Crippen LogP contribution in [0, 0.1) is 29.1 Å². The van der Waals surface area contributed by atoms with Crippen molar-refractivity contribution in [2.45, 2.75) is 77.0 Å². The van der Waals surface area contributed by atoms with Crippen molar-refractivity contribution >= 4 is 17.6 Å². The van der Waals surface area contributed by atoms with Crippen molar-refractivity contribution in [2.24, 2.45) is 17.8 Å². The summed E-state index contributed by atoms with van der Waals surface area (Å²) in [6.45, 7) is 2.31. The number of carbonyl (C=O) groups excluding carboxylic acids is 1. The maximum Gasteiger partial charge on any atom is 0.343 e. The van der Waals surface area contributed by atoms with E-state index in [9.17, 15) is 10.1 Å². The zero-order valence-electron chi connectivity index (χ0n) is 19.6. The largest absolute Gasteiger partial charge is 0.422 e. The van der Waals surface area contributed by atoms with Gasteiger partial charge >= 0.3 is 5.97 Å². The molecular weight excluding hydrogens is 430 g/mol. The molecule has 0 aliphatic heterocycles. The molecule has 2 aromatic rings. The fourth-order valence-corrected chi connectivity index (χ4v) is 6.18. The van der Waals surface area contributed by atoms with E-state index in [1.54, 1.807) is 12.1 Å². The van der Waals surface area contributed by atoms with Crippen molar-refractivity contribution < 1.29 is 9.53 Å². The molecule has 2 aromatic carbocycles. The summed E-state index contributed by atoms with van der Waals surface area (Å²) in [4.78, 5) is 12.6. The molecular formula is C29H34ClNO2. The lowest BCUT2D eigenvalue weighted by molar-refractivity contribution is 0.0734. The fourth-order valence-electron chi connectivity index (χ4n) is 6.01. The first-order valence-electron chi connectivity index (χ1n) is 12.6. The summed E-state index contributed by atoms with van der Waals surface area (Å²) < 4.78 is 5.45. The first-order valence-corrected chi connectivity index (χ1v) is 13.0. The number of ether oxygens (including phenoxy) is 1. The lowest BCUT2D eigenvalue weighted by atomic mass is 9.68. The van der Waals surface area contributed by atoms with E-state index in [2.05, 4.69) is 19.1 Å². The molecule has 2 fully saturated rings. The first kappa shape index (κ1) is 23.8. The predicted octanol–water partition coefficient (Wildman–Crippen LogP) is 8.31. The summed E-state index contributed by atoms with van der Waals surface area (Å²) in [6.07, 6.45) is 13.7. The van der Waals surface area contributed by atoms with E-state index < -0.39 is 5.97 Å². The summed E-state index contributed by atoms with van der Waals surface area (Å²) in [7, 11) is 0. The Morgan fingerprint density at radius 2 is 1.61 bits per heavy atom. The van der Waals surface area contributed by atoms with Gasteiger partial charge in [0.25, 0.3) is 0 Å². The van der Waals surface area contributed by atoms with Gasteiger partial charge in [-0.2, -0.15) is 5.26 Å². The van der Waals surface area contributed by atoms with Crippen molar-refractivity contribution in [3.8, 4) is 11.8 Å². The Bertz CT molecular complexity index is 978. The van der Waals surface area contributed by atoms with E-state index in [0.717, 1.165) is 17.8 Å². The number of hydrogen-bond donors (Lipinski definition) is 0. The third-order valence-corrected chi connectivity index (χ3v) is 8.14. The zero-order chi connectivity index (χ0) is 23.2. The van der Waals surface area contributed by atoms with Gasteiger partial charge in [-0.1, -0.05) is 56.3 Å². The third kappa shape index (κ3) is 5.98. The smallest absolute Gasteiger partial charge is 0.343 e. The second-order valence-corrected chi connectivity index (χ2v) is 10.4. The van der Waals surface area contributed by atoms with Gasteiger partial charge < -0.3 is 4.74 Å². The molecule has 0 atom stereocenters. The van der Waals surface area contributed by atoms with Crippen LogP contribution in [0.5, 0.6) is 5.75 Å². The fraction of sp³-hybridized carbons (Fsp3) is 0.517. The van der Waals surface area contributed by atoms with Gasteiger partial charge in [-0.25, -0.2) is 4.79 Å². The molecule has 2 aliphatic rings. The number of esters is 1. The number of benzene rings is 2. The molecule has 0 amide bonds. The van der Waals surface area contributed by atoms with E-state index in [0.29, 0.717) is 16.5 Å². The van der Waals surface area contributed by atoms with Crippen LogP contribution < -0.4 is 4.74 Å². The molecule has 0 saturated heterocycles. The van der Waals surface area contributed by atoms with E-state index in [1.807, 2.05) is 18.2 Å². The number of rotatable bonds is 6. The molecule has 4 heteroatoms. The van der Waals surface area contributed by atoms with E-state index in [1.165, 1.54) is 75.8 Å². The number of hydrogen-bond acceptors (Lipinski definition) is 3. The van der Waals surface area contributed by atoms with Crippen molar-refractivity contribution in [2.75, 3.05) is 0 Å². The van der Waals surface area contributed by atoms with Crippen LogP contribution in [0.1, 0.15) is 98.5 Å². The van der Waals surface area contributed by atoms with Gasteiger partial charge in [-0.05, 0) is 98.1 Å². The number of nitrogens with zero attached hydrogens (tertiary/aromatic N) is 1. The summed E-state index contributed by atoms with van der Waals surface area (Å²) in [5.41, 5.74) is 2.07. The number of carbonyl (C=O) groups is 1. The van der Waals surface area contributed by atoms with E-state index in [-0.39, 0.29) is 11.3 Å². The monoisotopic (exact) mass is 463 g/mol. The Balaban J connectivity index is 1.29. The predicted molar refractivity (Wildman–Crippen MR) is 133 cm³/mol. The van der Waals surface area contributed by atoms with Crippen LogP contribution in [-0.4, -0.2) is 5.97 Å². The number of nitriles is 1. The Labute approximate surface area is 203 Å². The molecule has 0 radical (unpaired) electrons. The lowest BCUT2D eigenvalue weighted by Crippen LogP contribution is -2.25. The molecule has 3 nitrogen and oxygen atoms in total. The van der Waals surface area contributed by atoms with Crippen LogP contribution in [0.3, 0.4) is 0 Å². The Morgan fingerprint density at radius 3 is 2.21 bits per heavy atom. The average molecular weight is 464 g/mol. The molecule has 2 aliphatic carbocycles.